The van der Waals surface area contributed by atoms with Gasteiger partial charge in [0.1, 0.15) is 0 Å². The van der Waals surface area contributed by atoms with E-state index in [-0.39, 0.29) is 0 Å². The molecule has 1 rings (SSSR count). The van der Waals surface area contributed by atoms with Gasteiger partial charge in [0.05, 0.1) is 12.7 Å². The Kier molecular flexibility index (Phi) is 9.72. The Hall–Kier alpha value is -0.0800. The second-order valence-corrected chi connectivity index (χ2v) is 6.38. The zero-order valence-corrected chi connectivity index (χ0v) is 14.5. The minimum atomic E-state index is 0.367. The molecule has 1 heterocycles. The summed E-state index contributed by atoms with van der Waals surface area (Å²) in [6.07, 6.45) is 4.39. The number of likely N-dealkylation sites (tertiary alicyclic amines) is 1. The van der Waals surface area contributed by atoms with E-state index in [2.05, 4.69) is 39.5 Å². The highest BCUT2D eigenvalue weighted by Gasteiger charge is 2.30. The van der Waals surface area contributed by atoms with Crippen LogP contribution in [-0.2, 0) is 4.74 Å². The summed E-state index contributed by atoms with van der Waals surface area (Å²) in [5, 5.41) is 0. The van der Waals surface area contributed by atoms with E-state index in [1.54, 1.807) is 0 Å². The molecule has 0 saturated carbocycles. The monoisotopic (exact) mass is 271 g/mol. The highest BCUT2D eigenvalue weighted by atomic mass is 16.5. The maximum atomic E-state index is 5.62. The zero-order valence-electron chi connectivity index (χ0n) is 14.5. The van der Waals surface area contributed by atoms with Gasteiger partial charge in [-0.25, -0.2) is 0 Å². The minimum Gasteiger partial charge on any atom is -0.377 e. The topological polar surface area (TPSA) is 12.5 Å². The first-order valence-corrected chi connectivity index (χ1v) is 8.29. The maximum Gasteiger partial charge on any atom is 0.0596 e. The molecule has 116 valence electrons. The lowest BCUT2D eigenvalue weighted by atomic mass is 9.72. The molecule has 1 aliphatic heterocycles. The quantitative estimate of drug-likeness (QED) is 0.701. The number of hydrogen-bond donors (Lipinski definition) is 0. The third-order valence-electron chi connectivity index (χ3n) is 4.46. The van der Waals surface area contributed by atoms with E-state index >= 15 is 0 Å². The van der Waals surface area contributed by atoms with Crippen molar-refractivity contribution in [2.75, 3.05) is 26.2 Å². The molecule has 0 spiro atoms. The number of hydrogen-bond acceptors (Lipinski definition) is 2. The zero-order chi connectivity index (χ0) is 14.9. The van der Waals surface area contributed by atoms with Gasteiger partial charge in [-0.3, -0.25) is 0 Å². The van der Waals surface area contributed by atoms with Crippen molar-refractivity contribution in [3.63, 3.8) is 0 Å². The van der Waals surface area contributed by atoms with Crippen LogP contribution in [0.15, 0.2) is 0 Å². The molecule has 2 heteroatoms. The molecule has 0 aliphatic carbocycles. The summed E-state index contributed by atoms with van der Waals surface area (Å²) in [6, 6.07) is 0. The van der Waals surface area contributed by atoms with Crippen molar-refractivity contribution < 1.29 is 4.74 Å². The molecule has 0 N–H and O–H groups in total. The summed E-state index contributed by atoms with van der Waals surface area (Å²) in [5.41, 5.74) is 0.528. The lowest BCUT2D eigenvalue weighted by molar-refractivity contribution is 0.0392. The lowest BCUT2D eigenvalue weighted by Crippen LogP contribution is -2.40. The highest BCUT2D eigenvalue weighted by molar-refractivity contribution is 4.82. The molecule has 0 radical (unpaired) electrons. The van der Waals surface area contributed by atoms with Gasteiger partial charge in [0, 0.05) is 6.54 Å². The summed E-state index contributed by atoms with van der Waals surface area (Å²) in [6.45, 7) is 19.9. The molecule has 1 fully saturated rings. The van der Waals surface area contributed by atoms with Gasteiger partial charge in [0.15, 0.2) is 0 Å². The molecule has 0 amide bonds. The SMILES string of the molecule is CC.CCC(C)(C)C1CCN(CCOC(C)C)CC1. The smallest absolute Gasteiger partial charge is 0.0596 e. The van der Waals surface area contributed by atoms with Gasteiger partial charge in [0.25, 0.3) is 0 Å². The van der Waals surface area contributed by atoms with Crippen LogP contribution in [0.4, 0.5) is 0 Å². The van der Waals surface area contributed by atoms with Crippen LogP contribution in [0.2, 0.25) is 0 Å². The number of nitrogens with zero attached hydrogens (tertiary/aromatic N) is 1. The first-order chi connectivity index (χ1) is 8.95. The first kappa shape index (κ1) is 18.9. The highest BCUT2D eigenvalue weighted by Crippen LogP contribution is 2.37. The molecule has 19 heavy (non-hydrogen) atoms. The predicted octanol–water partition coefficient (Wildman–Crippen LogP) is 4.59. The summed E-state index contributed by atoms with van der Waals surface area (Å²) in [7, 11) is 0. The van der Waals surface area contributed by atoms with Gasteiger partial charge in [-0.15, -0.1) is 0 Å². The Morgan fingerprint density at radius 2 is 1.68 bits per heavy atom. The van der Waals surface area contributed by atoms with E-state index < -0.39 is 0 Å². The second kappa shape index (κ2) is 9.77. The Bertz CT molecular complexity index is 205. The lowest BCUT2D eigenvalue weighted by Gasteiger charge is -2.40. The van der Waals surface area contributed by atoms with Crippen molar-refractivity contribution in [2.45, 2.75) is 73.8 Å². The standard InChI is InChI=1S/C15H31NO.C2H6/c1-6-15(4,5)14-7-9-16(10-8-14)11-12-17-13(2)3;1-2/h13-14H,6-12H2,1-5H3;1-2H3. The summed E-state index contributed by atoms with van der Waals surface area (Å²) >= 11 is 0. The molecule has 0 aromatic rings. The fourth-order valence-electron chi connectivity index (χ4n) is 2.64. The van der Waals surface area contributed by atoms with Gasteiger partial charge in [-0.1, -0.05) is 41.0 Å². The summed E-state index contributed by atoms with van der Waals surface area (Å²) < 4.78 is 5.62. The van der Waals surface area contributed by atoms with Crippen LogP contribution < -0.4 is 0 Å². The van der Waals surface area contributed by atoms with E-state index in [1.165, 1.54) is 32.4 Å². The summed E-state index contributed by atoms with van der Waals surface area (Å²) in [4.78, 5) is 2.56. The van der Waals surface area contributed by atoms with Gasteiger partial charge in [0.2, 0.25) is 0 Å². The largest absolute Gasteiger partial charge is 0.377 e. The maximum absolute atomic E-state index is 5.62. The third-order valence-corrected chi connectivity index (χ3v) is 4.46. The van der Waals surface area contributed by atoms with Crippen molar-refractivity contribution in [3.8, 4) is 0 Å². The van der Waals surface area contributed by atoms with E-state index in [9.17, 15) is 0 Å². The second-order valence-electron chi connectivity index (χ2n) is 6.38. The predicted molar refractivity (Wildman–Crippen MR) is 85.7 cm³/mol. The third kappa shape index (κ3) is 7.31. The van der Waals surface area contributed by atoms with Crippen LogP contribution in [0.5, 0.6) is 0 Å². The van der Waals surface area contributed by atoms with Crippen LogP contribution in [0.1, 0.15) is 67.7 Å². The Labute approximate surface area is 121 Å². The van der Waals surface area contributed by atoms with Crippen LogP contribution in [0.3, 0.4) is 0 Å². The molecule has 1 aliphatic rings. The van der Waals surface area contributed by atoms with E-state index in [1.807, 2.05) is 13.8 Å². The average molecular weight is 271 g/mol. The molecule has 0 unspecified atom stereocenters. The van der Waals surface area contributed by atoms with Gasteiger partial charge < -0.3 is 9.64 Å². The van der Waals surface area contributed by atoms with E-state index in [0.29, 0.717) is 11.5 Å². The minimum absolute atomic E-state index is 0.367. The molecular formula is C17H37NO. The van der Waals surface area contributed by atoms with Crippen molar-refractivity contribution in [2.24, 2.45) is 11.3 Å². The molecular weight excluding hydrogens is 234 g/mol. The van der Waals surface area contributed by atoms with Crippen molar-refractivity contribution in [3.05, 3.63) is 0 Å². The number of rotatable bonds is 6. The summed E-state index contributed by atoms with van der Waals surface area (Å²) in [5.74, 6) is 0.912. The van der Waals surface area contributed by atoms with Crippen LogP contribution in [-0.4, -0.2) is 37.2 Å². The molecule has 2 nitrogen and oxygen atoms in total. The molecule has 0 atom stereocenters. The first-order valence-electron chi connectivity index (χ1n) is 8.29. The van der Waals surface area contributed by atoms with Gasteiger partial charge >= 0.3 is 0 Å². The van der Waals surface area contributed by atoms with Crippen molar-refractivity contribution in [1.82, 2.24) is 4.90 Å². The van der Waals surface area contributed by atoms with E-state index in [4.69, 9.17) is 4.74 Å². The molecule has 0 bridgehead atoms. The van der Waals surface area contributed by atoms with Crippen LogP contribution in [0, 0.1) is 11.3 Å². The Balaban J connectivity index is 0.00000154. The Morgan fingerprint density at radius 3 is 2.11 bits per heavy atom. The molecule has 0 aromatic heterocycles. The normalized spacial score (nSPS) is 18.3. The Morgan fingerprint density at radius 1 is 1.16 bits per heavy atom. The average Bonchev–Trinajstić information content (AvgIpc) is 2.41. The van der Waals surface area contributed by atoms with Gasteiger partial charge in [-0.05, 0) is 51.1 Å². The molecule has 1 saturated heterocycles. The number of piperidine rings is 1. The van der Waals surface area contributed by atoms with Gasteiger partial charge in [-0.2, -0.15) is 0 Å². The fourth-order valence-corrected chi connectivity index (χ4v) is 2.64. The van der Waals surface area contributed by atoms with Crippen LogP contribution >= 0.6 is 0 Å². The van der Waals surface area contributed by atoms with Crippen molar-refractivity contribution >= 4 is 0 Å². The van der Waals surface area contributed by atoms with Crippen LogP contribution in [0.25, 0.3) is 0 Å². The number of ether oxygens (including phenoxy) is 1. The van der Waals surface area contributed by atoms with Crippen molar-refractivity contribution in [1.29, 1.82) is 0 Å². The van der Waals surface area contributed by atoms with E-state index in [0.717, 1.165) is 19.1 Å². The fraction of sp³-hybridized carbons (Fsp3) is 1.00. The molecule has 0 aromatic carbocycles.